The first-order valence-corrected chi connectivity index (χ1v) is 7.80. The summed E-state index contributed by atoms with van der Waals surface area (Å²) >= 11 is 0. The van der Waals surface area contributed by atoms with Crippen molar-refractivity contribution in [1.82, 2.24) is 20.0 Å². The average Bonchev–Trinajstić information content (AvgIpc) is 3.25. The maximum atomic E-state index is 11.1. The van der Waals surface area contributed by atoms with Gasteiger partial charge in [-0.15, -0.1) is 0 Å². The van der Waals surface area contributed by atoms with Crippen LogP contribution in [0, 0.1) is 5.92 Å². The van der Waals surface area contributed by atoms with E-state index in [1.807, 2.05) is 12.1 Å². The lowest BCUT2D eigenvalue weighted by atomic mass is 9.82. The maximum Gasteiger partial charge on any atom is 0.407 e. The summed E-state index contributed by atoms with van der Waals surface area (Å²) in [6, 6.07) is 3.77. The Hall–Kier alpha value is -2.90. The predicted molar refractivity (Wildman–Crippen MR) is 82.5 cm³/mol. The van der Waals surface area contributed by atoms with E-state index in [2.05, 4.69) is 15.1 Å². The molecule has 0 spiro atoms. The number of likely N-dealkylation sites (tertiary alicyclic amines) is 1. The number of amides is 1. The van der Waals surface area contributed by atoms with Crippen LogP contribution < -0.4 is 0 Å². The third-order valence-electron chi connectivity index (χ3n) is 4.58. The summed E-state index contributed by atoms with van der Waals surface area (Å²) in [6.07, 6.45) is 5.31. The van der Waals surface area contributed by atoms with Gasteiger partial charge in [0.15, 0.2) is 5.82 Å². The van der Waals surface area contributed by atoms with E-state index < -0.39 is 6.09 Å². The lowest BCUT2D eigenvalue weighted by Crippen LogP contribution is -2.39. The van der Waals surface area contributed by atoms with Crippen LogP contribution in [0.1, 0.15) is 30.3 Å². The van der Waals surface area contributed by atoms with Gasteiger partial charge in [0.1, 0.15) is 11.3 Å². The standard InChI is InChI=1S/C16H16N4O4/c21-16(22)20-5-2-10(3-6-20)14(15-18-9-23-19-15)13-7-11-8-17-4-1-12(11)24-13/h1,4,7-10,14H,2-3,5-6H2,(H,21,22). The van der Waals surface area contributed by atoms with Crippen LogP contribution in [0.3, 0.4) is 0 Å². The van der Waals surface area contributed by atoms with Crippen molar-refractivity contribution in [2.24, 2.45) is 5.92 Å². The van der Waals surface area contributed by atoms with Gasteiger partial charge in [0.05, 0.1) is 5.92 Å². The van der Waals surface area contributed by atoms with Gasteiger partial charge in [-0.2, -0.15) is 4.98 Å². The average molecular weight is 328 g/mol. The molecular formula is C16H16N4O4. The number of hydrogen-bond donors (Lipinski definition) is 1. The molecule has 1 atom stereocenters. The molecule has 1 aliphatic heterocycles. The third kappa shape index (κ3) is 2.60. The maximum absolute atomic E-state index is 11.1. The van der Waals surface area contributed by atoms with Crippen LogP contribution in [0.25, 0.3) is 11.0 Å². The van der Waals surface area contributed by atoms with Gasteiger partial charge in [0, 0.05) is 30.9 Å². The van der Waals surface area contributed by atoms with Crippen LogP contribution in [0.15, 0.2) is 39.9 Å². The van der Waals surface area contributed by atoms with Crippen LogP contribution >= 0.6 is 0 Å². The van der Waals surface area contributed by atoms with Crippen LogP contribution in [0.5, 0.6) is 0 Å². The predicted octanol–water partition coefficient (Wildman–Crippen LogP) is 2.73. The van der Waals surface area contributed by atoms with Crippen molar-refractivity contribution in [2.75, 3.05) is 13.1 Å². The number of rotatable bonds is 3. The Morgan fingerprint density at radius 1 is 1.38 bits per heavy atom. The summed E-state index contributed by atoms with van der Waals surface area (Å²) in [6.45, 7) is 0.992. The molecule has 4 heterocycles. The van der Waals surface area contributed by atoms with Crippen molar-refractivity contribution in [2.45, 2.75) is 18.8 Å². The number of fused-ring (bicyclic) bond motifs is 1. The van der Waals surface area contributed by atoms with Gasteiger partial charge < -0.3 is 18.9 Å². The molecule has 0 aliphatic carbocycles. The number of pyridine rings is 1. The molecule has 1 unspecified atom stereocenters. The molecule has 4 rings (SSSR count). The van der Waals surface area contributed by atoms with Gasteiger partial charge in [0.2, 0.25) is 6.39 Å². The zero-order chi connectivity index (χ0) is 16.5. The summed E-state index contributed by atoms with van der Waals surface area (Å²) in [5.74, 6) is 1.35. The van der Waals surface area contributed by atoms with Gasteiger partial charge >= 0.3 is 6.09 Å². The van der Waals surface area contributed by atoms with E-state index in [-0.39, 0.29) is 11.8 Å². The van der Waals surface area contributed by atoms with Gasteiger partial charge in [-0.25, -0.2) is 4.79 Å². The zero-order valence-electron chi connectivity index (χ0n) is 12.8. The van der Waals surface area contributed by atoms with Crippen LogP contribution in [0.2, 0.25) is 0 Å². The smallest absolute Gasteiger partial charge is 0.407 e. The highest BCUT2D eigenvalue weighted by atomic mass is 16.5. The van der Waals surface area contributed by atoms with Gasteiger partial charge in [-0.05, 0) is 30.9 Å². The third-order valence-corrected chi connectivity index (χ3v) is 4.58. The number of piperidine rings is 1. The summed E-state index contributed by atoms with van der Waals surface area (Å²) in [5, 5.41) is 14.0. The molecule has 0 saturated carbocycles. The Kier molecular flexibility index (Phi) is 3.64. The number of aromatic nitrogens is 3. The van der Waals surface area contributed by atoms with E-state index in [0.717, 1.165) is 29.6 Å². The fraction of sp³-hybridized carbons (Fsp3) is 0.375. The monoisotopic (exact) mass is 328 g/mol. The minimum Gasteiger partial charge on any atom is -0.465 e. The number of nitrogens with zero attached hydrogens (tertiary/aromatic N) is 4. The Morgan fingerprint density at radius 2 is 2.21 bits per heavy atom. The van der Waals surface area contributed by atoms with E-state index >= 15 is 0 Å². The second-order valence-electron chi connectivity index (χ2n) is 5.94. The first-order chi connectivity index (χ1) is 11.7. The van der Waals surface area contributed by atoms with Crippen LogP contribution in [-0.4, -0.2) is 44.3 Å². The largest absolute Gasteiger partial charge is 0.465 e. The van der Waals surface area contributed by atoms with E-state index in [9.17, 15) is 4.79 Å². The molecule has 124 valence electrons. The number of carboxylic acid groups (broad SMARTS) is 1. The van der Waals surface area contributed by atoms with Crippen LogP contribution in [0.4, 0.5) is 4.79 Å². The van der Waals surface area contributed by atoms with E-state index in [1.54, 1.807) is 12.4 Å². The summed E-state index contributed by atoms with van der Waals surface area (Å²) in [7, 11) is 0. The summed E-state index contributed by atoms with van der Waals surface area (Å²) < 4.78 is 10.9. The second kappa shape index (κ2) is 5.95. The Morgan fingerprint density at radius 3 is 2.88 bits per heavy atom. The van der Waals surface area contributed by atoms with Crippen molar-refractivity contribution in [3.05, 3.63) is 42.5 Å². The van der Waals surface area contributed by atoms with Gasteiger partial charge in [0.25, 0.3) is 0 Å². The fourth-order valence-corrected chi connectivity index (χ4v) is 3.37. The molecular weight excluding hydrogens is 312 g/mol. The van der Waals surface area contributed by atoms with E-state index in [4.69, 9.17) is 14.0 Å². The minimum atomic E-state index is -0.876. The summed E-state index contributed by atoms with van der Waals surface area (Å²) in [4.78, 5) is 20.9. The first-order valence-electron chi connectivity index (χ1n) is 7.80. The highest BCUT2D eigenvalue weighted by Crippen LogP contribution is 2.38. The highest BCUT2D eigenvalue weighted by Gasteiger charge is 2.34. The number of furan rings is 1. The zero-order valence-corrected chi connectivity index (χ0v) is 12.8. The number of carbonyl (C=O) groups is 1. The molecule has 1 fully saturated rings. The fourth-order valence-electron chi connectivity index (χ4n) is 3.37. The molecule has 0 bridgehead atoms. The molecule has 0 radical (unpaired) electrons. The molecule has 1 N–H and O–H groups in total. The first kappa shape index (κ1) is 14.7. The van der Waals surface area contributed by atoms with Crippen molar-refractivity contribution in [3.8, 4) is 0 Å². The lowest BCUT2D eigenvalue weighted by Gasteiger charge is -2.32. The Balaban J connectivity index is 1.67. The molecule has 3 aromatic heterocycles. The normalized spacial score (nSPS) is 17.2. The molecule has 8 heteroatoms. The van der Waals surface area contributed by atoms with Crippen molar-refractivity contribution < 1.29 is 18.8 Å². The summed E-state index contributed by atoms with van der Waals surface area (Å²) in [5.41, 5.74) is 0.761. The molecule has 1 saturated heterocycles. The van der Waals surface area contributed by atoms with Crippen molar-refractivity contribution in [3.63, 3.8) is 0 Å². The van der Waals surface area contributed by atoms with E-state index in [1.165, 1.54) is 11.3 Å². The van der Waals surface area contributed by atoms with Gasteiger partial charge in [-0.1, -0.05) is 5.16 Å². The van der Waals surface area contributed by atoms with Crippen LogP contribution in [-0.2, 0) is 0 Å². The number of hydrogen-bond acceptors (Lipinski definition) is 6. The molecule has 24 heavy (non-hydrogen) atoms. The molecule has 1 aliphatic rings. The molecule has 8 nitrogen and oxygen atoms in total. The highest BCUT2D eigenvalue weighted by molar-refractivity contribution is 5.76. The molecule has 3 aromatic rings. The van der Waals surface area contributed by atoms with Gasteiger partial charge in [-0.3, -0.25) is 4.98 Å². The second-order valence-corrected chi connectivity index (χ2v) is 5.94. The SMILES string of the molecule is O=C(O)N1CCC(C(c2ncon2)c2cc3cnccc3o2)CC1. The topological polar surface area (TPSA) is 105 Å². The Bertz CT molecular complexity index is 804. The van der Waals surface area contributed by atoms with E-state index in [0.29, 0.717) is 18.9 Å². The van der Waals surface area contributed by atoms with Crippen molar-refractivity contribution >= 4 is 17.1 Å². The lowest BCUT2D eigenvalue weighted by molar-refractivity contribution is 0.120. The quantitative estimate of drug-likeness (QED) is 0.788. The minimum absolute atomic E-state index is 0.160. The molecule has 0 aromatic carbocycles. The Labute approximate surface area is 137 Å². The van der Waals surface area contributed by atoms with Crippen molar-refractivity contribution in [1.29, 1.82) is 0 Å². The molecule has 1 amide bonds.